The van der Waals surface area contributed by atoms with Gasteiger partial charge in [0.1, 0.15) is 0 Å². The van der Waals surface area contributed by atoms with Crippen LogP contribution in [-0.4, -0.2) is 9.78 Å². The van der Waals surface area contributed by atoms with Gasteiger partial charge in [-0.3, -0.25) is 4.68 Å². The van der Waals surface area contributed by atoms with Gasteiger partial charge in [0.2, 0.25) is 0 Å². The first-order valence-electron chi connectivity index (χ1n) is 5.34. The van der Waals surface area contributed by atoms with Crippen LogP contribution in [0.4, 0.5) is 0 Å². The fraction of sp³-hybridized carbons (Fsp3) is 0.727. The molecule has 14 heavy (non-hydrogen) atoms. The fourth-order valence-electron chi connectivity index (χ4n) is 2.43. The summed E-state index contributed by atoms with van der Waals surface area (Å²) < 4.78 is 1.94. The molecule has 0 atom stereocenters. The molecule has 0 spiro atoms. The number of aryl methyl sites for hydroxylation is 1. The van der Waals surface area contributed by atoms with E-state index < -0.39 is 0 Å². The molecule has 0 bridgehead atoms. The highest BCUT2D eigenvalue weighted by molar-refractivity contribution is 5.30. The van der Waals surface area contributed by atoms with E-state index in [1.807, 2.05) is 11.7 Å². The predicted molar refractivity (Wildman–Crippen MR) is 57.0 cm³/mol. The van der Waals surface area contributed by atoms with E-state index >= 15 is 0 Å². The smallest absolute Gasteiger partial charge is 0.0854 e. The van der Waals surface area contributed by atoms with Crippen molar-refractivity contribution in [2.24, 2.45) is 12.8 Å². The first-order valence-corrected chi connectivity index (χ1v) is 5.34. The van der Waals surface area contributed by atoms with Crippen LogP contribution in [0.5, 0.6) is 0 Å². The maximum absolute atomic E-state index is 6.39. The molecule has 1 aromatic rings. The van der Waals surface area contributed by atoms with E-state index in [2.05, 4.69) is 18.9 Å². The third-order valence-corrected chi connectivity index (χ3v) is 3.60. The zero-order chi connectivity index (χ0) is 10.3. The highest BCUT2D eigenvalue weighted by Gasteiger charge is 2.35. The Morgan fingerprint density at radius 2 is 1.86 bits per heavy atom. The van der Waals surface area contributed by atoms with Gasteiger partial charge in [0.25, 0.3) is 0 Å². The molecule has 2 rings (SSSR count). The van der Waals surface area contributed by atoms with Crippen molar-refractivity contribution < 1.29 is 0 Å². The topological polar surface area (TPSA) is 43.8 Å². The number of hydrogen-bond donors (Lipinski definition) is 1. The Balaban J connectivity index is 2.45. The summed E-state index contributed by atoms with van der Waals surface area (Å²) in [6.45, 7) is 4.23. The monoisotopic (exact) mass is 193 g/mol. The van der Waals surface area contributed by atoms with E-state index in [9.17, 15) is 0 Å². The lowest BCUT2D eigenvalue weighted by atomic mass is 9.92. The van der Waals surface area contributed by atoms with E-state index in [0.717, 1.165) is 18.5 Å². The maximum Gasteiger partial charge on any atom is 0.0854 e. The van der Waals surface area contributed by atoms with Crippen LogP contribution >= 0.6 is 0 Å². The van der Waals surface area contributed by atoms with Gasteiger partial charge in [-0.1, -0.05) is 12.8 Å². The highest BCUT2D eigenvalue weighted by Crippen LogP contribution is 2.37. The second-order valence-electron chi connectivity index (χ2n) is 4.55. The summed E-state index contributed by atoms with van der Waals surface area (Å²) in [4.78, 5) is 0. The second kappa shape index (κ2) is 3.09. The molecule has 3 heteroatoms. The predicted octanol–water partition coefficient (Wildman–Crippen LogP) is 1.76. The number of hydrogen-bond acceptors (Lipinski definition) is 2. The van der Waals surface area contributed by atoms with Crippen LogP contribution < -0.4 is 5.73 Å². The Labute approximate surface area is 85.3 Å². The normalized spacial score (nSPS) is 20.3. The van der Waals surface area contributed by atoms with Gasteiger partial charge < -0.3 is 5.73 Å². The van der Waals surface area contributed by atoms with Crippen molar-refractivity contribution in [3.63, 3.8) is 0 Å². The molecule has 0 aromatic carbocycles. The Morgan fingerprint density at radius 1 is 1.29 bits per heavy atom. The lowest BCUT2D eigenvalue weighted by molar-refractivity contribution is 0.439. The second-order valence-corrected chi connectivity index (χ2v) is 4.55. The third kappa shape index (κ3) is 1.27. The van der Waals surface area contributed by atoms with Crippen molar-refractivity contribution in [3.8, 4) is 0 Å². The lowest BCUT2D eigenvalue weighted by Crippen LogP contribution is -2.34. The standard InChI is InChI=1S/C11H19N3/c1-8-9(2)14(3)13-10(8)11(12)6-4-5-7-11/h4-7,12H2,1-3H3. The summed E-state index contributed by atoms with van der Waals surface area (Å²) in [6, 6.07) is 0. The van der Waals surface area contributed by atoms with Crippen molar-refractivity contribution in [1.29, 1.82) is 0 Å². The molecule has 1 aliphatic rings. The Hall–Kier alpha value is -0.830. The molecule has 1 aromatic heterocycles. The van der Waals surface area contributed by atoms with Crippen LogP contribution in [0.15, 0.2) is 0 Å². The first-order chi connectivity index (χ1) is 6.54. The molecule has 1 heterocycles. The summed E-state index contributed by atoms with van der Waals surface area (Å²) in [6.07, 6.45) is 4.66. The number of nitrogens with two attached hydrogens (primary N) is 1. The minimum atomic E-state index is -0.143. The van der Waals surface area contributed by atoms with Gasteiger partial charge in [-0.25, -0.2) is 0 Å². The molecule has 0 amide bonds. The third-order valence-electron chi connectivity index (χ3n) is 3.60. The van der Waals surface area contributed by atoms with E-state index in [1.165, 1.54) is 24.1 Å². The molecule has 2 N–H and O–H groups in total. The van der Waals surface area contributed by atoms with Crippen LogP contribution in [0.1, 0.15) is 42.6 Å². The van der Waals surface area contributed by atoms with Crippen LogP contribution in [-0.2, 0) is 12.6 Å². The molecular formula is C11H19N3. The fourth-order valence-corrected chi connectivity index (χ4v) is 2.43. The quantitative estimate of drug-likeness (QED) is 0.738. The van der Waals surface area contributed by atoms with Gasteiger partial charge in [0.05, 0.1) is 11.2 Å². The van der Waals surface area contributed by atoms with E-state index in [4.69, 9.17) is 5.73 Å². The number of aromatic nitrogens is 2. The van der Waals surface area contributed by atoms with Gasteiger partial charge >= 0.3 is 0 Å². The summed E-state index contributed by atoms with van der Waals surface area (Å²) in [7, 11) is 1.99. The molecule has 0 aliphatic heterocycles. The highest BCUT2D eigenvalue weighted by atomic mass is 15.3. The Bertz CT molecular complexity index is 346. The molecule has 78 valence electrons. The van der Waals surface area contributed by atoms with Crippen molar-refractivity contribution >= 4 is 0 Å². The van der Waals surface area contributed by atoms with Crippen molar-refractivity contribution in [3.05, 3.63) is 17.0 Å². The summed E-state index contributed by atoms with van der Waals surface area (Å²) in [5.74, 6) is 0. The van der Waals surface area contributed by atoms with E-state index in [0.29, 0.717) is 0 Å². The largest absolute Gasteiger partial charge is 0.320 e. The number of rotatable bonds is 1. The molecule has 0 unspecified atom stereocenters. The zero-order valence-corrected chi connectivity index (χ0v) is 9.30. The van der Waals surface area contributed by atoms with Crippen molar-refractivity contribution in [2.45, 2.75) is 45.1 Å². The molecular weight excluding hydrogens is 174 g/mol. The molecule has 1 aliphatic carbocycles. The van der Waals surface area contributed by atoms with Gasteiger partial charge in [0.15, 0.2) is 0 Å². The summed E-state index contributed by atoms with van der Waals surface area (Å²) in [5.41, 5.74) is 9.87. The molecule has 3 nitrogen and oxygen atoms in total. The Kier molecular flexibility index (Phi) is 2.14. The minimum Gasteiger partial charge on any atom is -0.320 e. The first kappa shape index (κ1) is 9.71. The van der Waals surface area contributed by atoms with E-state index in [1.54, 1.807) is 0 Å². The molecule has 0 radical (unpaired) electrons. The average molecular weight is 193 g/mol. The number of nitrogens with zero attached hydrogens (tertiary/aromatic N) is 2. The van der Waals surface area contributed by atoms with Gasteiger partial charge in [0, 0.05) is 12.7 Å². The lowest BCUT2D eigenvalue weighted by Gasteiger charge is -2.21. The average Bonchev–Trinajstić information content (AvgIpc) is 2.67. The minimum absolute atomic E-state index is 0.143. The van der Waals surface area contributed by atoms with E-state index in [-0.39, 0.29) is 5.54 Å². The SMILES string of the molecule is Cc1c(C2(N)CCCC2)nn(C)c1C. The van der Waals surface area contributed by atoms with Gasteiger partial charge in [-0.15, -0.1) is 0 Å². The van der Waals surface area contributed by atoms with Gasteiger partial charge in [-0.05, 0) is 32.3 Å². The summed E-state index contributed by atoms with van der Waals surface area (Å²) in [5, 5.41) is 4.56. The Morgan fingerprint density at radius 3 is 2.29 bits per heavy atom. The molecule has 0 saturated heterocycles. The van der Waals surface area contributed by atoms with Crippen LogP contribution in [0.25, 0.3) is 0 Å². The maximum atomic E-state index is 6.39. The van der Waals surface area contributed by atoms with Crippen LogP contribution in [0.2, 0.25) is 0 Å². The van der Waals surface area contributed by atoms with Crippen molar-refractivity contribution in [1.82, 2.24) is 9.78 Å². The zero-order valence-electron chi connectivity index (χ0n) is 9.30. The van der Waals surface area contributed by atoms with Crippen LogP contribution in [0, 0.1) is 13.8 Å². The van der Waals surface area contributed by atoms with Crippen LogP contribution in [0.3, 0.4) is 0 Å². The molecule has 1 saturated carbocycles. The van der Waals surface area contributed by atoms with Crippen molar-refractivity contribution in [2.75, 3.05) is 0 Å². The summed E-state index contributed by atoms with van der Waals surface area (Å²) >= 11 is 0. The molecule has 1 fully saturated rings. The van der Waals surface area contributed by atoms with Gasteiger partial charge in [-0.2, -0.15) is 5.10 Å².